The van der Waals surface area contributed by atoms with Crippen LogP contribution in [-0.2, 0) is 30.4 Å². The summed E-state index contributed by atoms with van der Waals surface area (Å²) in [7, 11) is -4.06. The number of esters is 1. The smallest absolute Gasteiger partial charge is 0.382 e. The Morgan fingerprint density at radius 2 is 1.86 bits per heavy atom. The Hall–Kier alpha value is -1.73. The highest BCUT2D eigenvalue weighted by Gasteiger charge is 2.40. The van der Waals surface area contributed by atoms with Crippen LogP contribution in [0.15, 0.2) is 34.7 Å². The Balaban J connectivity index is 2.10. The molecule has 0 radical (unpaired) electrons. The predicted molar refractivity (Wildman–Crippen MR) is 81.8 cm³/mol. The molecule has 1 heterocycles. The molecule has 2 rings (SSSR count). The summed E-state index contributed by atoms with van der Waals surface area (Å²) in [6.07, 6.45) is -0.404. The largest absolute Gasteiger partial charge is 0.458 e. The van der Waals surface area contributed by atoms with E-state index in [4.69, 9.17) is 8.92 Å². The number of carbonyl (C=O) groups is 1. The highest BCUT2D eigenvalue weighted by Crippen LogP contribution is 2.21. The first-order valence-electron chi connectivity index (χ1n) is 6.95. The normalized spacial score (nSPS) is 20.5. The third-order valence-corrected chi connectivity index (χ3v) is 3.78. The average Bonchev–Trinajstić information content (AvgIpc) is 2.71. The minimum absolute atomic E-state index is 0.179. The van der Waals surface area contributed by atoms with Crippen LogP contribution in [-0.4, -0.2) is 31.8 Å². The molecule has 0 aliphatic carbocycles. The van der Waals surface area contributed by atoms with Gasteiger partial charge in [0.15, 0.2) is 0 Å². The molecule has 1 aromatic carbocycles. The van der Waals surface area contributed by atoms with E-state index in [0.717, 1.165) is 5.56 Å². The van der Waals surface area contributed by atoms with E-state index in [9.17, 15) is 13.2 Å². The predicted octanol–water partition coefficient (Wildman–Crippen LogP) is 2.05. The van der Waals surface area contributed by atoms with Gasteiger partial charge in [0.2, 0.25) is 6.10 Å². The van der Waals surface area contributed by atoms with Crippen LogP contribution in [0.1, 0.15) is 32.8 Å². The number of rotatable bonds is 4. The zero-order chi connectivity index (χ0) is 16.4. The lowest BCUT2D eigenvalue weighted by molar-refractivity contribution is -0.159. The first kappa shape index (κ1) is 16.6. The average molecular weight is 325 g/mol. The van der Waals surface area contributed by atoms with Gasteiger partial charge in [0.25, 0.3) is 0 Å². The first-order chi connectivity index (χ1) is 10.2. The molecule has 0 aromatic heterocycles. The lowest BCUT2D eigenvalue weighted by Crippen LogP contribution is -2.36. The Bertz CT molecular complexity index is 674. The molecular formula is C15H19NO5S. The standard InChI is InChI=1S/C15H19NO5S/c1-15(2,3)20-14(17)13-12(16-22(18,19)21-13)10-9-11-7-5-4-6-8-11/h4-8,13H,9-10H2,1-3H3. The third kappa shape index (κ3) is 4.64. The summed E-state index contributed by atoms with van der Waals surface area (Å²) in [5.74, 6) is -0.736. The summed E-state index contributed by atoms with van der Waals surface area (Å²) < 4.78 is 36.5. The molecule has 0 bridgehead atoms. The van der Waals surface area contributed by atoms with Crippen molar-refractivity contribution in [2.75, 3.05) is 0 Å². The van der Waals surface area contributed by atoms with Gasteiger partial charge < -0.3 is 4.74 Å². The van der Waals surface area contributed by atoms with Crippen LogP contribution in [0.2, 0.25) is 0 Å². The van der Waals surface area contributed by atoms with Gasteiger partial charge in [-0.15, -0.1) is 4.40 Å². The highest BCUT2D eigenvalue weighted by molar-refractivity contribution is 7.85. The summed E-state index contributed by atoms with van der Waals surface area (Å²) >= 11 is 0. The van der Waals surface area contributed by atoms with E-state index in [-0.39, 0.29) is 5.71 Å². The Morgan fingerprint density at radius 3 is 2.45 bits per heavy atom. The Labute approximate surface area is 130 Å². The maximum absolute atomic E-state index is 12.1. The quantitative estimate of drug-likeness (QED) is 0.791. The number of hydrogen-bond acceptors (Lipinski definition) is 5. The second-order valence-corrected chi connectivity index (χ2v) is 7.24. The van der Waals surface area contributed by atoms with Gasteiger partial charge in [-0.3, -0.25) is 0 Å². The monoisotopic (exact) mass is 325 g/mol. The summed E-state index contributed by atoms with van der Waals surface area (Å²) in [6.45, 7) is 5.11. The van der Waals surface area contributed by atoms with Crippen LogP contribution >= 0.6 is 0 Å². The van der Waals surface area contributed by atoms with E-state index in [1.807, 2.05) is 30.3 Å². The van der Waals surface area contributed by atoms with Crippen LogP contribution in [0.4, 0.5) is 0 Å². The van der Waals surface area contributed by atoms with Gasteiger partial charge in [0.1, 0.15) is 5.60 Å². The first-order valence-corrected chi connectivity index (χ1v) is 8.31. The van der Waals surface area contributed by atoms with Crippen molar-refractivity contribution in [2.24, 2.45) is 4.40 Å². The van der Waals surface area contributed by atoms with Crippen molar-refractivity contribution in [1.29, 1.82) is 0 Å². The third-order valence-electron chi connectivity index (χ3n) is 2.88. The van der Waals surface area contributed by atoms with Gasteiger partial charge in [-0.1, -0.05) is 30.3 Å². The molecule has 0 saturated heterocycles. The fourth-order valence-electron chi connectivity index (χ4n) is 2.01. The minimum atomic E-state index is -4.06. The number of hydrogen-bond donors (Lipinski definition) is 0. The molecule has 0 amide bonds. The van der Waals surface area contributed by atoms with Crippen LogP contribution in [0.3, 0.4) is 0 Å². The summed E-state index contributed by atoms with van der Waals surface area (Å²) in [6, 6.07) is 9.53. The van der Waals surface area contributed by atoms with Crippen molar-refractivity contribution < 1.29 is 22.1 Å². The van der Waals surface area contributed by atoms with Crippen molar-refractivity contribution in [3.05, 3.63) is 35.9 Å². The summed E-state index contributed by atoms with van der Waals surface area (Å²) in [4.78, 5) is 12.1. The van der Waals surface area contributed by atoms with Crippen molar-refractivity contribution >= 4 is 22.0 Å². The molecule has 1 unspecified atom stereocenters. The van der Waals surface area contributed by atoms with Crippen LogP contribution < -0.4 is 0 Å². The number of nitrogens with zero attached hydrogens (tertiary/aromatic N) is 1. The van der Waals surface area contributed by atoms with Gasteiger partial charge in [-0.25, -0.2) is 8.98 Å². The lowest BCUT2D eigenvalue weighted by atomic mass is 10.0. The minimum Gasteiger partial charge on any atom is -0.458 e. The van der Waals surface area contributed by atoms with Crippen LogP contribution in [0, 0.1) is 0 Å². The molecule has 1 atom stereocenters. The van der Waals surface area contributed by atoms with Crippen LogP contribution in [0.5, 0.6) is 0 Å². The van der Waals surface area contributed by atoms with Gasteiger partial charge >= 0.3 is 16.3 Å². The fraction of sp³-hybridized carbons (Fsp3) is 0.467. The fourth-order valence-corrected chi connectivity index (χ4v) is 2.96. The summed E-state index contributed by atoms with van der Waals surface area (Å²) in [5, 5.41) is 0. The van der Waals surface area contributed by atoms with Gasteiger partial charge in [0.05, 0.1) is 5.71 Å². The van der Waals surface area contributed by atoms with E-state index in [1.54, 1.807) is 20.8 Å². The van der Waals surface area contributed by atoms with E-state index in [1.165, 1.54) is 0 Å². The number of benzene rings is 1. The molecule has 0 N–H and O–H groups in total. The lowest BCUT2D eigenvalue weighted by Gasteiger charge is -2.21. The van der Waals surface area contributed by atoms with Gasteiger partial charge in [-0.2, -0.15) is 8.42 Å². The molecule has 6 nitrogen and oxygen atoms in total. The van der Waals surface area contributed by atoms with Crippen LogP contribution in [0.25, 0.3) is 0 Å². The molecule has 0 fully saturated rings. The van der Waals surface area contributed by atoms with Crippen molar-refractivity contribution in [3.63, 3.8) is 0 Å². The second-order valence-electron chi connectivity index (χ2n) is 6.01. The van der Waals surface area contributed by atoms with E-state index in [0.29, 0.717) is 12.8 Å². The van der Waals surface area contributed by atoms with Crippen molar-refractivity contribution in [3.8, 4) is 0 Å². The zero-order valence-electron chi connectivity index (χ0n) is 12.8. The number of carbonyl (C=O) groups excluding carboxylic acids is 1. The molecule has 1 aliphatic rings. The van der Waals surface area contributed by atoms with E-state index < -0.39 is 28.0 Å². The van der Waals surface area contributed by atoms with Crippen molar-refractivity contribution in [2.45, 2.75) is 45.3 Å². The van der Waals surface area contributed by atoms with E-state index in [2.05, 4.69) is 4.40 Å². The summed E-state index contributed by atoms with van der Waals surface area (Å²) in [5.41, 5.74) is 0.479. The number of ether oxygens (including phenoxy) is 1. The molecule has 1 aliphatic heterocycles. The maximum atomic E-state index is 12.1. The molecular weight excluding hydrogens is 306 g/mol. The Morgan fingerprint density at radius 1 is 1.23 bits per heavy atom. The molecule has 1 aromatic rings. The molecule has 120 valence electrons. The Kier molecular flexibility index (Phi) is 4.67. The number of aryl methyl sites for hydroxylation is 1. The van der Waals surface area contributed by atoms with Gasteiger partial charge in [0, 0.05) is 0 Å². The SMILES string of the molecule is CC(C)(C)OC(=O)C1OS(=O)(=O)N=C1CCc1ccccc1. The zero-order valence-corrected chi connectivity index (χ0v) is 13.6. The molecule has 0 saturated carbocycles. The van der Waals surface area contributed by atoms with E-state index >= 15 is 0 Å². The van der Waals surface area contributed by atoms with Crippen molar-refractivity contribution in [1.82, 2.24) is 0 Å². The molecule has 0 spiro atoms. The molecule has 22 heavy (non-hydrogen) atoms. The highest BCUT2D eigenvalue weighted by atomic mass is 32.2. The maximum Gasteiger partial charge on any atom is 0.382 e. The van der Waals surface area contributed by atoms with Gasteiger partial charge in [-0.05, 0) is 39.2 Å². The second kappa shape index (κ2) is 6.18. The molecule has 7 heteroatoms. The topological polar surface area (TPSA) is 82.0 Å².